The summed E-state index contributed by atoms with van der Waals surface area (Å²) in [5, 5.41) is 0. The molecule has 0 radical (unpaired) electrons. The second-order valence-corrected chi connectivity index (χ2v) is 4.43. The van der Waals surface area contributed by atoms with Crippen molar-refractivity contribution in [2.24, 2.45) is 0 Å². The molecule has 54 valence electrons. The van der Waals surface area contributed by atoms with Gasteiger partial charge < -0.3 is 0 Å². The first kappa shape index (κ1) is 7.46. The van der Waals surface area contributed by atoms with Gasteiger partial charge in [0.1, 0.15) is 0 Å². The summed E-state index contributed by atoms with van der Waals surface area (Å²) >= 11 is 0. The first-order valence-electron chi connectivity index (χ1n) is 3.27. The Morgan fingerprint density at radius 1 is 1.44 bits per heavy atom. The molecule has 1 aliphatic rings. The average molecular weight is 147 g/mol. The Morgan fingerprint density at radius 3 is 2.33 bits per heavy atom. The van der Waals surface area contributed by atoms with E-state index in [0.717, 1.165) is 15.3 Å². The number of rotatable bonds is 0. The van der Waals surface area contributed by atoms with Gasteiger partial charge in [0, 0.05) is 11.7 Å². The molecule has 1 heterocycles. The van der Waals surface area contributed by atoms with E-state index in [-0.39, 0.29) is 5.54 Å². The van der Waals surface area contributed by atoms with Crippen molar-refractivity contribution in [1.29, 1.82) is 0 Å². The molecule has 0 aromatic rings. The molecule has 1 unspecified atom stereocenters. The summed E-state index contributed by atoms with van der Waals surface area (Å²) < 4.78 is 0. The van der Waals surface area contributed by atoms with Gasteiger partial charge in [-0.3, -0.25) is 4.84 Å². The average Bonchev–Trinajstić information content (AvgIpc) is 2.08. The molecule has 1 saturated heterocycles. The third-order valence-corrected chi connectivity index (χ3v) is 2.70. The number of nitrogens with zero attached hydrogens (tertiary/aromatic N) is 1. The number of hydroxylamine groups is 1. The Kier molecular flexibility index (Phi) is 2.10. The summed E-state index contributed by atoms with van der Waals surface area (Å²) in [6.45, 7) is 7.43. The van der Waals surface area contributed by atoms with Gasteiger partial charge in [-0.15, -0.1) is 0 Å². The van der Waals surface area contributed by atoms with Gasteiger partial charge in [-0.05, 0) is 29.5 Å². The quantitative estimate of drug-likeness (QED) is 0.483. The molecule has 0 aromatic heterocycles. The first-order chi connectivity index (χ1) is 4.11. The monoisotopic (exact) mass is 147 g/mol. The molecule has 2 nitrogen and oxygen atoms in total. The number of hydrogen-bond acceptors (Lipinski definition) is 2. The fraction of sp³-hybridized carbons (Fsp3) is 1.00. The lowest BCUT2D eigenvalue weighted by Gasteiger charge is -2.28. The van der Waals surface area contributed by atoms with E-state index in [1.54, 1.807) is 0 Å². The maximum Gasteiger partial charge on any atom is 0.0738 e. The van der Waals surface area contributed by atoms with Crippen LogP contribution in [0.3, 0.4) is 0 Å². The van der Waals surface area contributed by atoms with Gasteiger partial charge in [0.25, 0.3) is 0 Å². The highest BCUT2D eigenvalue weighted by Gasteiger charge is 2.25. The van der Waals surface area contributed by atoms with Crippen LogP contribution in [-0.4, -0.2) is 23.1 Å². The van der Waals surface area contributed by atoms with Crippen molar-refractivity contribution in [2.75, 3.05) is 12.8 Å². The summed E-state index contributed by atoms with van der Waals surface area (Å²) in [7, 11) is 0.862. The van der Waals surface area contributed by atoms with Gasteiger partial charge in [-0.2, -0.15) is 4.83 Å². The lowest BCUT2D eigenvalue weighted by molar-refractivity contribution is -0.109. The van der Waals surface area contributed by atoms with Crippen molar-refractivity contribution < 1.29 is 4.84 Å². The third kappa shape index (κ3) is 1.89. The van der Waals surface area contributed by atoms with Crippen LogP contribution < -0.4 is 0 Å². The van der Waals surface area contributed by atoms with Crippen LogP contribution in [0.15, 0.2) is 0 Å². The molecule has 0 aliphatic carbocycles. The van der Waals surface area contributed by atoms with Gasteiger partial charge >= 0.3 is 0 Å². The van der Waals surface area contributed by atoms with Gasteiger partial charge in [-0.25, -0.2) is 0 Å². The normalized spacial score (nSPS) is 25.7. The van der Waals surface area contributed by atoms with Crippen molar-refractivity contribution in [3.63, 3.8) is 0 Å². The number of hydrogen-bond donors (Lipinski definition) is 0. The fourth-order valence-corrected chi connectivity index (χ4v) is 1.80. The van der Waals surface area contributed by atoms with E-state index >= 15 is 0 Å². The Labute approximate surface area is 58.4 Å². The maximum atomic E-state index is 5.36. The zero-order valence-corrected chi connectivity index (χ0v) is 7.27. The zero-order chi connectivity index (χ0) is 6.91. The Bertz CT molecular complexity index is 93.7. The van der Waals surface area contributed by atoms with Gasteiger partial charge in [0.15, 0.2) is 0 Å². The van der Waals surface area contributed by atoms with Crippen molar-refractivity contribution in [3.8, 4) is 0 Å². The summed E-state index contributed by atoms with van der Waals surface area (Å²) in [5.74, 6) is 0. The molecule has 0 aromatic carbocycles. The van der Waals surface area contributed by atoms with Crippen LogP contribution in [0.1, 0.15) is 20.8 Å². The minimum atomic E-state index is 0.203. The second kappa shape index (κ2) is 2.53. The highest BCUT2D eigenvalue weighted by molar-refractivity contribution is 7.35. The van der Waals surface area contributed by atoms with Crippen LogP contribution in [0.5, 0.6) is 0 Å². The fourth-order valence-electron chi connectivity index (χ4n) is 0.761. The molecule has 0 spiro atoms. The zero-order valence-electron chi connectivity index (χ0n) is 6.27. The van der Waals surface area contributed by atoms with Crippen LogP contribution in [0.25, 0.3) is 0 Å². The van der Waals surface area contributed by atoms with Crippen molar-refractivity contribution in [3.05, 3.63) is 0 Å². The van der Waals surface area contributed by atoms with E-state index in [9.17, 15) is 0 Å². The lowest BCUT2D eigenvalue weighted by atomic mass is 10.1. The summed E-state index contributed by atoms with van der Waals surface area (Å²) in [5.41, 5.74) is 0.203. The van der Waals surface area contributed by atoms with Crippen LogP contribution in [0, 0.1) is 0 Å². The Morgan fingerprint density at radius 2 is 2.11 bits per heavy atom. The molecule has 3 heteroatoms. The molecule has 0 bridgehead atoms. The predicted octanol–water partition coefficient (Wildman–Crippen LogP) is 1.63. The molecule has 0 saturated carbocycles. The molecule has 1 rings (SSSR count). The SMILES string of the molecule is CC(C)(C)N1OCCP1. The molecule has 1 atom stereocenters. The Hall–Kier alpha value is 0.350. The van der Waals surface area contributed by atoms with E-state index in [0.29, 0.717) is 0 Å². The van der Waals surface area contributed by atoms with Crippen LogP contribution in [0.2, 0.25) is 0 Å². The van der Waals surface area contributed by atoms with Gasteiger partial charge in [0.2, 0.25) is 0 Å². The van der Waals surface area contributed by atoms with Gasteiger partial charge in [-0.1, -0.05) is 0 Å². The lowest BCUT2D eigenvalue weighted by Crippen LogP contribution is -2.32. The van der Waals surface area contributed by atoms with Crippen molar-refractivity contribution in [2.45, 2.75) is 26.3 Å². The highest BCUT2D eigenvalue weighted by Crippen LogP contribution is 2.32. The standard InChI is InChI=1S/C6H14NOP/c1-6(2,3)7-8-4-5-9-7/h9H,4-5H2,1-3H3. The Balaban J connectivity index is 2.42. The second-order valence-electron chi connectivity index (χ2n) is 3.21. The summed E-state index contributed by atoms with van der Waals surface area (Å²) in [4.78, 5) is 7.44. The molecular weight excluding hydrogens is 133 g/mol. The molecule has 9 heavy (non-hydrogen) atoms. The van der Waals surface area contributed by atoms with E-state index in [4.69, 9.17) is 4.84 Å². The predicted molar refractivity (Wildman–Crippen MR) is 40.7 cm³/mol. The highest BCUT2D eigenvalue weighted by atomic mass is 31.1. The van der Waals surface area contributed by atoms with E-state index in [1.165, 1.54) is 6.16 Å². The van der Waals surface area contributed by atoms with E-state index in [1.807, 2.05) is 0 Å². The molecule has 1 aliphatic heterocycles. The molecule has 1 fully saturated rings. The topological polar surface area (TPSA) is 12.5 Å². The first-order valence-corrected chi connectivity index (χ1v) is 4.43. The maximum absolute atomic E-state index is 5.36. The third-order valence-electron chi connectivity index (χ3n) is 1.19. The molecule has 0 amide bonds. The molecule has 0 N–H and O–H groups in total. The summed E-state index contributed by atoms with van der Waals surface area (Å²) in [6.07, 6.45) is 1.21. The molecular formula is C6H14NOP. The summed E-state index contributed by atoms with van der Waals surface area (Å²) in [6, 6.07) is 0. The van der Waals surface area contributed by atoms with Crippen LogP contribution in [-0.2, 0) is 4.84 Å². The van der Waals surface area contributed by atoms with E-state index in [2.05, 4.69) is 25.6 Å². The minimum absolute atomic E-state index is 0.203. The largest absolute Gasteiger partial charge is 0.295 e. The smallest absolute Gasteiger partial charge is 0.0738 e. The minimum Gasteiger partial charge on any atom is -0.295 e. The van der Waals surface area contributed by atoms with Crippen LogP contribution in [0.4, 0.5) is 0 Å². The van der Waals surface area contributed by atoms with Gasteiger partial charge in [0.05, 0.1) is 6.61 Å². The van der Waals surface area contributed by atoms with Crippen LogP contribution >= 0.6 is 8.73 Å². The van der Waals surface area contributed by atoms with Crippen molar-refractivity contribution >= 4 is 8.73 Å². The van der Waals surface area contributed by atoms with Crippen molar-refractivity contribution in [1.82, 2.24) is 4.83 Å². The van der Waals surface area contributed by atoms with E-state index < -0.39 is 0 Å².